The van der Waals surface area contributed by atoms with Gasteiger partial charge in [0.15, 0.2) is 11.6 Å². The van der Waals surface area contributed by atoms with E-state index in [-0.39, 0.29) is 29.6 Å². The average molecular weight is 588 g/mol. The van der Waals surface area contributed by atoms with E-state index in [0.717, 1.165) is 30.7 Å². The van der Waals surface area contributed by atoms with Gasteiger partial charge in [0.05, 0.1) is 29.6 Å². The molecule has 0 N–H and O–H groups in total. The lowest BCUT2D eigenvalue weighted by atomic mass is 10.0. The molecule has 1 atom stereocenters. The molecule has 1 aromatic carbocycles. The van der Waals surface area contributed by atoms with E-state index in [9.17, 15) is 23.6 Å². The number of carbonyl (C=O) groups excluding carboxylic acids is 2. The Bertz CT molecular complexity index is 1650. The Kier molecular flexibility index (Phi) is 7.60. The molecule has 4 heterocycles. The number of hydrazone groups is 1. The number of aromatic nitrogens is 4. The van der Waals surface area contributed by atoms with Crippen LogP contribution in [0, 0.1) is 42.7 Å². The zero-order valence-corrected chi connectivity index (χ0v) is 24.0. The molecule has 13 heteroatoms. The molecule has 2 aliphatic heterocycles. The average Bonchev–Trinajstić information content (AvgIpc) is 3.59. The van der Waals surface area contributed by atoms with E-state index in [0.29, 0.717) is 67.8 Å². The fourth-order valence-electron chi connectivity index (χ4n) is 5.69. The number of amides is 2. The summed E-state index contributed by atoms with van der Waals surface area (Å²) in [5.41, 5.74) is 2.82. The van der Waals surface area contributed by atoms with E-state index in [1.807, 2.05) is 24.8 Å². The Morgan fingerprint density at radius 3 is 2.58 bits per heavy atom. The standard InChI is InChI=1S/C30H31F2N9O2/c1-18-25(15-24(42)13-20-3-4-20)19(2)40(37-18)28-26(32)17-34-29(36-28)38-7-9-39(10-8-38)30(43)41-27(5-6-35-41)22-11-21(16-33)12-23(31)14-22/h6,11-12,14,17,20,27H,3-5,7-10,13,15H2,1-2H3/t27-/m0/s1. The predicted octanol–water partition coefficient (Wildman–Crippen LogP) is 4.02. The van der Waals surface area contributed by atoms with Crippen molar-refractivity contribution in [2.45, 2.75) is 52.0 Å². The molecule has 1 saturated heterocycles. The van der Waals surface area contributed by atoms with Crippen molar-refractivity contribution in [3.05, 3.63) is 64.1 Å². The molecule has 222 valence electrons. The highest BCUT2D eigenvalue weighted by atomic mass is 19.1. The Morgan fingerprint density at radius 1 is 1.09 bits per heavy atom. The minimum absolute atomic E-state index is 0.00563. The lowest BCUT2D eigenvalue weighted by Crippen LogP contribution is -2.52. The number of urea groups is 1. The molecule has 1 saturated carbocycles. The number of hydrogen-bond donors (Lipinski definition) is 0. The number of nitriles is 1. The van der Waals surface area contributed by atoms with Gasteiger partial charge in [0, 0.05) is 62.9 Å². The summed E-state index contributed by atoms with van der Waals surface area (Å²) in [7, 11) is 0. The number of anilines is 1. The first-order chi connectivity index (χ1) is 20.7. The highest BCUT2D eigenvalue weighted by Gasteiger charge is 2.34. The largest absolute Gasteiger partial charge is 0.341 e. The second-order valence-corrected chi connectivity index (χ2v) is 11.3. The molecule has 3 aliphatic rings. The van der Waals surface area contributed by atoms with Crippen LogP contribution in [-0.2, 0) is 11.2 Å². The fraction of sp³-hybridized carbons (Fsp3) is 0.433. The summed E-state index contributed by atoms with van der Waals surface area (Å²) >= 11 is 0. The fourth-order valence-corrected chi connectivity index (χ4v) is 5.69. The van der Waals surface area contributed by atoms with E-state index in [2.05, 4.69) is 20.2 Å². The highest BCUT2D eigenvalue weighted by Crippen LogP contribution is 2.33. The Hall–Kier alpha value is -4.73. The van der Waals surface area contributed by atoms with Crippen molar-refractivity contribution in [2.75, 3.05) is 31.1 Å². The van der Waals surface area contributed by atoms with Crippen LogP contribution in [0.15, 0.2) is 29.5 Å². The first-order valence-electron chi connectivity index (χ1n) is 14.4. The van der Waals surface area contributed by atoms with Crippen molar-refractivity contribution in [2.24, 2.45) is 11.0 Å². The van der Waals surface area contributed by atoms with E-state index in [1.165, 1.54) is 15.8 Å². The quantitative estimate of drug-likeness (QED) is 0.409. The van der Waals surface area contributed by atoms with Gasteiger partial charge in [0.1, 0.15) is 11.6 Å². The topological polar surface area (TPSA) is 124 Å². The van der Waals surface area contributed by atoms with Crippen molar-refractivity contribution >= 4 is 24.0 Å². The monoisotopic (exact) mass is 587 g/mol. The molecule has 3 aromatic rings. The van der Waals surface area contributed by atoms with Gasteiger partial charge in [-0.3, -0.25) is 4.79 Å². The molecule has 0 radical (unpaired) electrons. The molecule has 11 nitrogen and oxygen atoms in total. The van der Waals surface area contributed by atoms with Crippen LogP contribution < -0.4 is 4.90 Å². The first-order valence-corrected chi connectivity index (χ1v) is 14.4. The van der Waals surface area contributed by atoms with Gasteiger partial charge in [-0.15, -0.1) is 0 Å². The van der Waals surface area contributed by atoms with E-state index in [4.69, 9.17) is 0 Å². The molecule has 43 heavy (non-hydrogen) atoms. The molecule has 6 rings (SSSR count). The minimum Gasteiger partial charge on any atom is -0.337 e. The first kappa shape index (κ1) is 28.4. The highest BCUT2D eigenvalue weighted by molar-refractivity contribution is 5.82. The van der Waals surface area contributed by atoms with Crippen molar-refractivity contribution in [1.29, 1.82) is 5.26 Å². The van der Waals surface area contributed by atoms with Crippen LogP contribution in [0.2, 0.25) is 0 Å². The molecular formula is C30H31F2N9O2. The zero-order chi connectivity index (χ0) is 30.2. The van der Waals surface area contributed by atoms with Gasteiger partial charge >= 0.3 is 6.03 Å². The Labute approximate surface area is 247 Å². The second kappa shape index (κ2) is 11.5. The molecular weight excluding hydrogens is 556 g/mol. The number of ketones is 1. The summed E-state index contributed by atoms with van der Waals surface area (Å²) in [6, 6.07) is 5.15. The normalized spacial score (nSPS) is 18.3. The number of nitrogens with zero attached hydrogens (tertiary/aromatic N) is 9. The summed E-state index contributed by atoms with van der Waals surface area (Å²) in [5.74, 6) is -0.197. The third kappa shape index (κ3) is 5.82. The zero-order valence-electron chi connectivity index (χ0n) is 24.0. The van der Waals surface area contributed by atoms with Gasteiger partial charge in [-0.25, -0.2) is 28.3 Å². The number of hydrogen-bond acceptors (Lipinski definition) is 8. The van der Waals surface area contributed by atoms with Crippen LogP contribution in [0.1, 0.15) is 59.8 Å². The van der Waals surface area contributed by atoms with Crippen molar-refractivity contribution in [1.82, 2.24) is 29.7 Å². The summed E-state index contributed by atoms with van der Waals surface area (Å²) in [5, 5.41) is 19.3. The number of piperazine rings is 1. The van der Waals surface area contributed by atoms with Gasteiger partial charge in [-0.1, -0.05) is 0 Å². The minimum atomic E-state index is -0.631. The van der Waals surface area contributed by atoms with Gasteiger partial charge in [-0.2, -0.15) is 20.4 Å². The summed E-state index contributed by atoms with van der Waals surface area (Å²) in [6.07, 6.45) is 6.18. The molecule has 2 aromatic heterocycles. The van der Waals surface area contributed by atoms with Crippen LogP contribution >= 0.6 is 0 Å². The number of Topliss-reactive ketones (excluding diaryl/α,β-unsaturated/α-hetero) is 1. The maximum Gasteiger partial charge on any atom is 0.341 e. The van der Waals surface area contributed by atoms with Crippen LogP contribution in [0.3, 0.4) is 0 Å². The molecule has 0 unspecified atom stereocenters. The lowest BCUT2D eigenvalue weighted by Gasteiger charge is -2.37. The molecule has 0 spiro atoms. The second-order valence-electron chi connectivity index (χ2n) is 11.3. The summed E-state index contributed by atoms with van der Waals surface area (Å²) in [6.45, 7) is 5.10. The van der Waals surface area contributed by atoms with Gasteiger partial charge in [0.2, 0.25) is 5.95 Å². The third-order valence-corrected chi connectivity index (χ3v) is 8.23. The Balaban J connectivity index is 1.14. The number of halogens is 2. The lowest BCUT2D eigenvalue weighted by molar-refractivity contribution is -0.118. The van der Waals surface area contributed by atoms with E-state index in [1.54, 1.807) is 17.2 Å². The van der Waals surface area contributed by atoms with Crippen LogP contribution in [-0.4, -0.2) is 73.9 Å². The smallest absolute Gasteiger partial charge is 0.337 e. The maximum atomic E-state index is 15.0. The summed E-state index contributed by atoms with van der Waals surface area (Å²) in [4.78, 5) is 38.1. The summed E-state index contributed by atoms with van der Waals surface area (Å²) < 4.78 is 30.5. The van der Waals surface area contributed by atoms with Crippen LogP contribution in [0.5, 0.6) is 0 Å². The molecule has 2 fully saturated rings. The third-order valence-electron chi connectivity index (χ3n) is 8.23. The van der Waals surface area contributed by atoms with E-state index < -0.39 is 17.7 Å². The molecule has 1 aliphatic carbocycles. The SMILES string of the molecule is Cc1nn(-c2nc(N3CCN(C(=O)N4N=CC[C@H]4c4cc(F)cc(C#N)c4)CC3)ncc2F)c(C)c1CC(=O)CC1CC1. The van der Waals surface area contributed by atoms with E-state index >= 15 is 0 Å². The number of aryl methyl sites for hydroxylation is 1. The van der Waals surface area contributed by atoms with Crippen molar-refractivity contribution in [3.8, 4) is 11.9 Å². The van der Waals surface area contributed by atoms with Crippen molar-refractivity contribution in [3.63, 3.8) is 0 Å². The molecule has 2 amide bonds. The predicted molar refractivity (Wildman–Crippen MR) is 153 cm³/mol. The van der Waals surface area contributed by atoms with Gasteiger partial charge in [-0.05, 0) is 56.4 Å². The van der Waals surface area contributed by atoms with Crippen molar-refractivity contribution < 1.29 is 18.4 Å². The van der Waals surface area contributed by atoms with Gasteiger partial charge < -0.3 is 9.80 Å². The Morgan fingerprint density at radius 2 is 1.86 bits per heavy atom. The van der Waals surface area contributed by atoms with Crippen LogP contribution in [0.25, 0.3) is 5.82 Å². The number of rotatable bonds is 7. The maximum absolute atomic E-state index is 15.0. The number of benzene rings is 1. The van der Waals surface area contributed by atoms with Gasteiger partial charge in [0.25, 0.3) is 0 Å². The number of carbonyl (C=O) groups is 2. The molecule has 0 bridgehead atoms. The van der Waals surface area contributed by atoms with Crippen LogP contribution in [0.4, 0.5) is 19.5 Å².